The smallest absolute Gasteiger partial charge is 0.133 e. The molecule has 0 spiro atoms. The minimum Gasteiger partial charge on any atom is -0.392 e. The van der Waals surface area contributed by atoms with Crippen molar-refractivity contribution in [1.29, 1.82) is 0 Å². The molecule has 17 heavy (non-hydrogen) atoms. The van der Waals surface area contributed by atoms with Gasteiger partial charge in [0.25, 0.3) is 0 Å². The molecule has 0 saturated heterocycles. The Morgan fingerprint density at radius 3 is 2.47 bits per heavy atom. The average Bonchev–Trinajstić information content (AvgIpc) is 2.76. The molecule has 1 aromatic carbocycles. The molecule has 0 bridgehead atoms. The monoisotopic (exact) mass is 232 g/mol. The predicted molar refractivity (Wildman–Crippen MR) is 64.1 cm³/mol. The Kier molecular flexibility index (Phi) is 3.90. The first-order valence-electron chi connectivity index (χ1n) is 5.59. The second-order valence-corrected chi connectivity index (χ2v) is 4.01. The zero-order valence-corrected chi connectivity index (χ0v) is 9.81. The van der Waals surface area contributed by atoms with Crippen LogP contribution in [0.4, 0.5) is 0 Å². The molecule has 2 rings (SSSR count). The summed E-state index contributed by atoms with van der Waals surface area (Å²) in [5.74, 6) is 0.828. The number of aliphatic hydroxyl groups is 1. The van der Waals surface area contributed by atoms with E-state index in [4.69, 9.17) is 9.63 Å². The molecular formula is C13H16N2O2. The normalized spacial score (nSPS) is 10.7. The number of aliphatic hydroxyl groups excluding tert-OH is 1. The third-order valence-electron chi connectivity index (χ3n) is 2.52. The standard InChI is InChI=1S/C13H16N2O2/c1-10-6-13(15-17-10)8-14-7-11-2-4-12(9-16)5-3-11/h2-6,14,16H,7-9H2,1H3. The zero-order chi connectivity index (χ0) is 12.1. The summed E-state index contributed by atoms with van der Waals surface area (Å²) in [5, 5.41) is 16.1. The molecule has 4 heteroatoms. The van der Waals surface area contributed by atoms with Crippen LogP contribution in [0, 0.1) is 6.92 Å². The SMILES string of the molecule is Cc1cc(CNCc2ccc(CO)cc2)no1. The van der Waals surface area contributed by atoms with Gasteiger partial charge in [-0.25, -0.2) is 0 Å². The Bertz CT molecular complexity index is 463. The molecule has 0 amide bonds. The van der Waals surface area contributed by atoms with E-state index in [-0.39, 0.29) is 6.61 Å². The number of aromatic nitrogens is 1. The topological polar surface area (TPSA) is 58.3 Å². The summed E-state index contributed by atoms with van der Waals surface area (Å²) < 4.78 is 4.98. The molecule has 1 heterocycles. The van der Waals surface area contributed by atoms with E-state index in [1.54, 1.807) is 0 Å². The molecule has 0 atom stereocenters. The van der Waals surface area contributed by atoms with Gasteiger partial charge in [0.2, 0.25) is 0 Å². The lowest BCUT2D eigenvalue weighted by molar-refractivity contribution is 0.282. The number of aryl methyl sites for hydroxylation is 1. The van der Waals surface area contributed by atoms with Crippen LogP contribution in [-0.2, 0) is 19.7 Å². The summed E-state index contributed by atoms with van der Waals surface area (Å²) in [6.07, 6.45) is 0. The van der Waals surface area contributed by atoms with Crippen molar-refractivity contribution in [3.8, 4) is 0 Å². The van der Waals surface area contributed by atoms with E-state index >= 15 is 0 Å². The molecule has 0 aliphatic carbocycles. The lowest BCUT2D eigenvalue weighted by atomic mass is 10.1. The van der Waals surface area contributed by atoms with Crippen molar-refractivity contribution in [3.05, 3.63) is 52.9 Å². The van der Waals surface area contributed by atoms with Crippen molar-refractivity contribution < 1.29 is 9.63 Å². The van der Waals surface area contributed by atoms with Gasteiger partial charge in [0.05, 0.1) is 12.3 Å². The highest BCUT2D eigenvalue weighted by atomic mass is 16.5. The summed E-state index contributed by atoms with van der Waals surface area (Å²) in [6.45, 7) is 3.44. The van der Waals surface area contributed by atoms with Gasteiger partial charge < -0.3 is 14.9 Å². The number of rotatable bonds is 5. The van der Waals surface area contributed by atoms with Crippen LogP contribution in [0.15, 0.2) is 34.9 Å². The number of benzene rings is 1. The maximum absolute atomic E-state index is 8.92. The van der Waals surface area contributed by atoms with Crippen LogP contribution in [-0.4, -0.2) is 10.3 Å². The van der Waals surface area contributed by atoms with Crippen LogP contribution in [0.2, 0.25) is 0 Å². The number of hydrogen-bond acceptors (Lipinski definition) is 4. The van der Waals surface area contributed by atoms with E-state index in [9.17, 15) is 0 Å². The fourth-order valence-electron chi connectivity index (χ4n) is 1.60. The lowest BCUT2D eigenvalue weighted by Gasteiger charge is -2.03. The number of hydrogen-bond donors (Lipinski definition) is 2. The lowest BCUT2D eigenvalue weighted by Crippen LogP contribution is -2.12. The Morgan fingerprint density at radius 2 is 1.88 bits per heavy atom. The van der Waals surface area contributed by atoms with Crippen LogP contribution >= 0.6 is 0 Å². The van der Waals surface area contributed by atoms with Gasteiger partial charge >= 0.3 is 0 Å². The fourth-order valence-corrected chi connectivity index (χ4v) is 1.60. The van der Waals surface area contributed by atoms with Crippen molar-refractivity contribution in [1.82, 2.24) is 10.5 Å². The molecule has 0 radical (unpaired) electrons. The largest absolute Gasteiger partial charge is 0.392 e. The van der Waals surface area contributed by atoms with Crippen molar-refractivity contribution in [2.24, 2.45) is 0 Å². The van der Waals surface area contributed by atoms with Crippen LogP contribution in [0.3, 0.4) is 0 Å². The van der Waals surface area contributed by atoms with E-state index in [0.717, 1.165) is 23.6 Å². The summed E-state index contributed by atoms with van der Waals surface area (Å²) >= 11 is 0. The zero-order valence-electron chi connectivity index (χ0n) is 9.81. The third kappa shape index (κ3) is 3.41. The van der Waals surface area contributed by atoms with Gasteiger partial charge in [0, 0.05) is 19.2 Å². The van der Waals surface area contributed by atoms with Gasteiger partial charge in [-0.15, -0.1) is 0 Å². The van der Waals surface area contributed by atoms with Crippen LogP contribution < -0.4 is 5.32 Å². The van der Waals surface area contributed by atoms with Crippen molar-refractivity contribution in [2.45, 2.75) is 26.6 Å². The highest BCUT2D eigenvalue weighted by Gasteiger charge is 1.99. The van der Waals surface area contributed by atoms with Gasteiger partial charge in [-0.05, 0) is 18.1 Å². The minimum absolute atomic E-state index is 0.0892. The predicted octanol–water partition coefficient (Wildman–Crippen LogP) is 1.77. The van der Waals surface area contributed by atoms with Gasteiger partial charge in [-0.3, -0.25) is 0 Å². The molecule has 0 unspecified atom stereocenters. The molecule has 2 aromatic rings. The van der Waals surface area contributed by atoms with Crippen molar-refractivity contribution in [3.63, 3.8) is 0 Å². The Morgan fingerprint density at radius 1 is 1.18 bits per heavy atom. The van der Waals surface area contributed by atoms with Crippen molar-refractivity contribution >= 4 is 0 Å². The summed E-state index contributed by atoms with van der Waals surface area (Å²) in [6, 6.07) is 9.79. The molecule has 0 aliphatic heterocycles. The summed E-state index contributed by atoms with van der Waals surface area (Å²) in [7, 11) is 0. The second kappa shape index (κ2) is 5.61. The number of nitrogens with one attached hydrogen (secondary N) is 1. The molecule has 0 saturated carbocycles. The van der Waals surface area contributed by atoms with Gasteiger partial charge in [-0.2, -0.15) is 0 Å². The molecule has 90 valence electrons. The second-order valence-electron chi connectivity index (χ2n) is 4.01. The molecular weight excluding hydrogens is 216 g/mol. The van der Waals surface area contributed by atoms with Gasteiger partial charge in [-0.1, -0.05) is 29.4 Å². The van der Waals surface area contributed by atoms with E-state index in [2.05, 4.69) is 10.5 Å². The average molecular weight is 232 g/mol. The third-order valence-corrected chi connectivity index (χ3v) is 2.52. The highest BCUT2D eigenvalue weighted by Crippen LogP contribution is 2.05. The van der Waals surface area contributed by atoms with Gasteiger partial charge in [0.15, 0.2) is 0 Å². The first-order valence-corrected chi connectivity index (χ1v) is 5.59. The van der Waals surface area contributed by atoms with E-state index in [1.165, 1.54) is 5.56 Å². The van der Waals surface area contributed by atoms with E-state index in [1.807, 2.05) is 37.3 Å². The Labute approximate surface area is 100 Å². The minimum atomic E-state index is 0.0892. The molecule has 2 N–H and O–H groups in total. The first-order chi connectivity index (χ1) is 8.28. The maximum Gasteiger partial charge on any atom is 0.133 e. The Balaban J connectivity index is 1.81. The highest BCUT2D eigenvalue weighted by molar-refractivity contribution is 5.21. The maximum atomic E-state index is 8.92. The van der Waals surface area contributed by atoms with Gasteiger partial charge in [0.1, 0.15) is 5.76 Å². The first kappa shape index (κ1) is 11.8. The number of nitrogens with zero attached hydrogens (tertiary/aromatic N) is 1. The molecule has 4 nitrogen and oxygen atoms in total. The van der Waals surface area contributed by atoms with Crippen LogP contribution in [0.5, 0.6) is 0 Å². The van der Waals surface area contributed by atoms with Crippen LogP contribution in [0.1, 0.15) is 22.6 Å². The van der Waals surface area contributed by atoms with Crippen molar-refractivity contribution in [2.75, 3.05) is 0 Å². The fraction of sp³-hybridized carbons (Fsp3) is 0.308. The van der Waals surface area contributed by atoms with Crippen LogP contribution in [0.25, 0.3) is 0 Å². The van der Waals surface area contributed by atoms with E-state index < -0.39 is 0 Å². The quantitative estimate of drug-likeness (QED) is 0.824. The summed E-state index contributed by atoms with van der Waals surface area (Å²) in [5.41, 5.74) is 3.03. The molecule has 0 aliphatic rings. The van der Waals surface area contributed by atoms with E-state index in [0.29, 0.717) is 6.54 Å². The Hall–Kier alpha value is -1.65. The molecule has 0 fully saturated rings. The molecule has 1 aromatic heterocycles. The summed E-state index contributed by atoms with van der Waals surface area (Å²) in [4.78, 5) is 0.